The zero-order chi connectivity index (χ0) is 15.2. The molecule has 0 radical (unpaired) electrons. The predicted molar refractivity (Wildman–Crippen MR) is 74.1 cm³/mol. The van der Waals surface area contributed by atoms with Crippen molar-refractivity contribution < 1.29 is 19.1 Å². The third-order valence-electron chi connectivity index (χ3n) is 3.88. The molecular weight excluding hydrogens is 258 g/mol. The van der Waals surface area contributed by atoms with Gasteiger partial charge < -0.3 is 14.8 Å². The first-order valence-electron chi connectivity index (χ1n) is 7.21. The van der Waals surface area contributed by atoms with Gasteiger partial charge in [-0.15, -0.1) is 0 Å². The molecule has 5 nitrogen and oxygen atoms in total. The Morgan fingerprint density at radius 3 is 2.55 bits per heavy atom. The number of ether oxygens (including phenoxy) is 2. The fraction of sp³-hybridized carbons (Fsp3) is 0.867. The number of rotatable bonds is 1. The molecule has 1 amide bonds. The van der Waals surface area contributed by atoms with E-state index in [1.54, 1.807) is 0 Å². The Bertz CT molecular complexity index is 424. The van der Waals surface area contributed by atoms with Crippen molar-refractivity contribution in [3.05, 3.63) is 0 Å². The molecule has 0 aromatic heterocycles. The molecule has 20 heavy (non-hydrogen) atoms. The number of carbonyl (C=O) groups is 2. The Morgan fingerprint density at radius 1 is 1.35 bits per heavy atom. The zero-order valence-electron chi connectivity index (χ0n) is 13.0. The third kappa shape index (κ3) is 3.14. The molecule has 0 aliphatic carbocycles. The van der Waals surface area contributed by atoms with Crippen molar-refractivity contribution in [3.63, 3.8) is 0 Å². The minimum Gasteiger partial charge on any atom is -0.458 e. The van der Waals surface area contributed by atoms with Crippen molar-refractivity contribution in [1.29, 1.82) is 0 Å². The smallest absolute Gasteiger partial charge is 0.307 e. The van der Waals surface area contributed by atoms with E-state index >= 15 is 0 Å². The first-order chi connectivity index (χ1) is 9.03. The molecule has 0 unspecified atom stereocenters. The van der Waals surface area contributed by atoms with Crippen LogP contribution in [0.2, 0.25) is 0 Å². The normalized spacial score (nSPS) is 33.0. The standard InChI is InChI=1S/C15H25NO4/c1-13(2,3)16-12(18)10-8-11(17)20-15(10)6-7-19-14(4,5)9-15/h10H,6-9H2,1-5H3,(H,16,18)/t10-,15-/m0/s1. The number of nitrogens with one attached hydrogen (secondary N) is 1. The van der Waals surface area contributed by atoms with Crippen molar-refractivity contribution in [2.45, 2.75) is 70.6 Å². The summed E-state index contributed by atoms with van der Waals surface area (Å²) in [7, 11) is 0. The van der Waals surface area contributed by atoms with Gasteiger partial charge in [0.2, 0.25) is 5.91 Å². The van der Waals surface area contributed by atoms with E-state index in [9.17, 15) is 9.59 Å². The highest BCUT2D eigenvalue weighted by Gasteiger charge is 2.56. The maximum absolute atomic E-state index is 12.5. The summed E-state index contributed by atoms with van der Waals surface area (Å²) in [5.41, 5.74) is -1.39. The Hall–Kier alpha value is -1.10. The maximum Gasteiger partial charge on any atom is 0.307 e. The summed E-state index contributed by atoms with van der Waals surface area (Å²) in [6, 6.07) is 0. The van der Waals surface area contributed by atoms with Crippen LogP contribution in [0, 0.1) is 5.92 Å². The molecule has 5 heteroatoms. The first kappa shape index (κ1) is 15.3. The Kier molecular flexibility index (Phi) is 3.61. The molecule has 0 aromatic rings. The van der Waals surface area contributed by atoms with E-state index in [1.165, 1.54) is 0 Å². The van der Waals surface area contributed by atoms with Crippen LogP contribution in [0.1, 0.15) is 53.9 Å². The molecule has 2 fully saturated rings. The van der Waals surface area contributed by atoms with Crippen LogP contribution >= 0.6 is 0 Å². The van der Waals surface area contributed by atoms with Crippen LogP contribution in [0.25, 0.3) is 0 Å². The van der Waals surface area contributed by atoms with Crippen molar-refractivity contribution >= 4 is 11.9 Å². The van der Waals surface area contributed by atoms with Gasteiger partial charge >= 0.3 is 5.97 Å². The van der Waals surface area contributed by atoms with Gasteiger partial charge in [0.15, 0.2) is 0 Å². The van der Waals surface area contributed by atoms with Crippen LogP contribution in [0.5, 0.6) is 0 Å². The number of amides is 1. The van der Waals surface area contributed by atoms with Crippen LogP contribution in [0.3, 0.4) is 0 Å². The highest BCUT2D eigenvalue weighted by atomic mass is 16.6. The van der Waals surface area contributed by atoms with Crippen LogP contribution in [-0.2, 0) is 19.1 Å². The van der Waals surface area contributed by atoms with E-state index < -0.39 is 11.5 Å². The van der Waals surface area contributed by atoms with E-state index in [0.29, 0.717) is 19.4 Å². The van der Waals surface area contributed by atoms with Crippen LogP contribution in [0.15, 0.2) is 0 Å². The number of esters is 1. The van der Waals surface area contributed by atoms with Crippen LogP contribution in [-0.4, -0.2) is 35.2 Å². The van der Waals surface area contributed by atoms with Gasteiger partial charge in [-0.3, -0.25) is 9.59 Å². The Morgan fingerprint density at radius 2 is 2.00 bits per heavy atom. The fourth-order valence-corrected chi connectivity index (χ4v) is 3.23. The minimum atomic E-state index is -0.700. The largest absolute Gasteiger partial charge is 0.458 e. The molecule has 1 spiro atoms. The highest BCUT2D eigenvalue weighted by molar-refractivity contribution is 5.88. The van der Waals surface area contributed by atoms with Crippen LogP contribution < -0.4 is 5.32 Å². The maximum atomic E-state index is 12.5. The molecule has 2 heterocycles. The second-order valence-electron chi connectivity index (χ2n) is 7.57. The fourth-order valence-electron chi connectivity index (χ4n) is 3.23. The second-order valence-corrected chi connectivity index (χ2v) is 7.57. The molecule has 2 atom stereocenters. The Labute approximate surface area is 120 Å². The number of carbonyl (C=O) groups excluding carboxylic acids is 2. The van der Waals surface area contributed by atoms with Crippen molar-refractivity contribution in [1.82, 2.24) is 5.32 Å². The van der Waals surface area contributed by atoms with Gasteiger partial charge in [0.05, 0.1) is 24.5 Å². The molecule has 2 saturated heterocycles. The van der Waals surface area contributed by atoms with E-state index in [4.69, 9.17) is 9.47 Å². The first-order valence-corrected chi connectivity index (χ1v) is 7.21. The van der Waals surface area contributed by atoms with Crippen LogP contribution in [0.4, 0.5) is 0 Å². The van der Waals surface area contributed by atoms with E-state index in [0.717, 1.165) is 0 Å². The SMILES string of the molecule is CC(C)(C)NC(=O)[C@@H]1CC(=O)O[C@]12CCOC(C)(C)C2. The summed E-state index contributed by atoms with van der Waals surface area (Å²) >= 11 is 0. The van der Waals surface area contributed by atoms with Gasteiger partial charge in [0.1, 0.15) is 5.60 Å². The topological polar surface area (TPSA) is 64.6 Å². The van der Waals surface area contributed by atoms with Gasteiger partial charge in [0, 0.05) is 18.4 Å². The zero-order valence-corrected chi connectivity index (χ0v) is 13.0. The lowest BCUT2D eigenvalue weighted by molar-refractivity contribution is -0.179. The molecule has 0 bridgehead atoms. The summed E-state index contributed by atoms with van der Waals surface area (Å²) in [6.07, 6.45) is 1.32. The quantitative estimate of drug-likeness (QED) is 0.745. The van der Waals surface area contributed by atoms with Gasteiger partial charge in [-0.25, -0.2) is 0 Å². The van der Waals surface area contributed by atoms with E-state index in [1.807, 2.05) is 34.6 Å². The van der Waals surface area contributed by atoms with E-state index in [-0.39, 0.29) is 29.4 Å². The molecule has 2 aliphatic heterocycles. The lowest BCUT2D eigenvalue weighted by Gasteiger charge is -2.44. The minimum absolute atomic E-state index is 0.0962. The lowest BCUT2D eigenvalue weighted by Crippen LogP contribution is -2.55. The van der Waals surface area contributed by atoms with Gasteiger partial charge in [-0.2, -0.15) is 0 Å². The molecule has 2 aliphatic rings. The molecular formula is C15H25NO4. The van der Waals surface area contributed by atoms with Gasteiger partial charge in [0.25, 0.3) is 0 Å². The van der Waals surface area contributed by atoms with Crippen molar-refractivity contribution in [2.75, 3.05) is 6.61 Å². The summed E-state index contributed by atoms with van der Waals surface area (Å²) in [5, 5.41) is 2.97. The Balaban J connectivity index is 2.22. The lowest BCUT2D eigenvalue weighted by atomic mass is 9.75. The second kappa shape index (κ2) is 4.72. The average Bonchev–Trinajstić information content (AvgIpc) is 2.50. The van der Waals surface area contributed by atoms with Crippen molar-refractivity contribution in [3.8, 4) is 0 Å². The summed E-state index contributed by atoms with van der Waals surface area (Å²) in [5.74, 6) is -0.796. The summed E-state index contributed by atoms with van der Waals surface area (Å²) in [4.78, 5) is 24.3. The molecule has 0 aromatic carbocycles. The number of hydrogen-bond donors (Lipinski definition) is 1. The monoisotopic (exact) mass is 283 g/mol. The molecule has 1 N–H and O–H groups in total. The highest BCUT2D eigenvalue weighted by Crippen LogP contribution is 2.45. The number of hydrogen-bond acceptors (Lipinski definition) is 4. The summed E-state index contributed by atoms with van der Waals surface area (Å²) < 4.78 is 11.3. The average molecular weight is 283 g/mol. The molecule has 114 valence electrons. The summed E-state index contributed by atoms with van der Waals surface area (Å²) in [6.45, 7) is 10.3. The molecule has 2 rings (SSSR count). The van der Waals surface area contributed by atoms with Gasteiger partial charge in [-0.1, -0.05) is 0 Å². The van der Waals surface area contributed by atoms with Gasteiger partial charge in [-0.05, 0) is 34.6 Å². The third-order valence-corrected chi connectivity index (χ3v) is 3.88. The van der Waals surface area contributed by atoms with E-state index in [2.05, 4.69) is 5.32 Å². The van der Waals surface area contributed by atoms with Crippen molar-refractivity contribution in [2.24, 2.45) is 5.92 Å². The molecule has 0 saturated carbocycles. The predicted octanol–water partition coefficient (Wildman–Crippen LogP) is 1.79.